The summed E-state index contributed by atoms with van der Waals surface area (Å²) in [7, 11) is 0. The van der Waals surface area contributed by atoms with Crippen molar-refractivity contribution >= 4 is 5.91 Å². The molecule has 7 heteroatoms. The van der Waals surface area contributed by atoms with Gasteiger partial charge in [-0.05, 0) is 51.7 Å². The molecule has 1 amide bonds. The number of likely N-dealkylation sites (tertiary alicyclic amines) is 1. The van der Waals surface area contributed by atoms with E-state index in [4.69, 9.17) is 0 Å². The molecule has 0 bridgehead atoms. The summed E-state index contributed by atoms with van der Waals surface area (Å²) in [6.45, 7) is 4.71. The van der Waals surface area contributed by atoms with Crippen LogP contribution >= 0.6 is 0 Å². The maximum Gasteiger partial charge on any atom is 0.255 e. The van der Waals surface area contributed by atoms with Crippen LogP contribution in [0.15, 0.2) is 24.5 Å². The molecule has 1 N–H and O–H groups in total. The monoisotopic (exact) mass is 355 g/mol. The molecule has 0 radical (unpaired) electrons. The molecule has 1 unspecified atom stereocenters. The zero-order chi connectivity index (χ0) is 18.3. The van der Waals surface area contributed by atoms with Gasteiger partial charge in [0, 0.05) is 25.2 Å². The maximum atomic E-state index is 13.1. The summed E-state index contributed by atoms with van der Waals surface area (Å²) in [6.07, 6.45) is 7.46. The Balaban J connectivity index is 1.52. The molecular weight excluding hydrogens is 330 g/mol. The van der Waals surface area contributed by atoms with Gasteiger partial charge in [0.2, 0.25) is 0 Å². The van der Waals surface area contributed by atoms with Crippen LogP contribution in [0.5, 0.6) is 0 Å². The fourth-order valence-electron chi connectivity index (χ4n) is 3.51. The summed E-state index contributed by atoms with van der Waals surface area (Å²) in [5.74, 6) is 0.498. The largest absolute Gasteiger partial charge is 0.384 e. The van der Waals surface area contributed by atoms with Gasteiger partial charge in [-0.3, -0.25) is 9.78 Å². The van der Waals surface area contributed by atoms with E-state index in [1.165, 1.54) is 0 Å². The van der Waals surface area contributed by atoms with Gasteiger partial charge in [-0.1, -0.05) is 0 Å². The van der Waals surface area contributed by atoms with Gasteiger partial charge in [0.15, 0.2) is 0 Å². The fraction of sp³-hybridized carbons (Fsp3) is 0.579. The molecule has 2 fully saturated rings. The third-order valence-electron chi connectivity index (χ3n) is 5.18. The molecule has 2 aromatic rings. The van der Waals surface area contributed by atoms with Crippen LogP contribution in [0.2, 0.25) is 0 Å². The molecule has 1 aliphatic carbocycles. The normalized spacial score (nSPS) is 21.0. The van der Waals surface area contributed by atoms with Crippen molar-refractivity contribution < 1.29 is 9.90 Å². The number of aromatic nitrogens is 4. The second-order valence-corrected chi connectivity index (χ2v) is 7.87. The van der Waals surface area contributed by atoms with Crippen molar-refractivity contribution in [2.24, 2.45) is 0 Å². The third-order valence-corrected chi connectivity index (χ3v) is 5.18. The Morgan fingerprint density at radius 2 is 2.12 bits per heavy atom. The Morgan fingerprint density at radius 3 is 2.81 bits per heavy atom. The van der Waals surface area contributed by atoms with Crippen molar-refractivity contribution in [3.63, 3.8) is 0 Å². The van der Waals surface area contributed by atoms with Gasteiger partial charge in [0.1, 0.15) is 11.3 Å². The van der Waals surface area contributed by atoms with E-state index in [0.717, 1.165) is 43.5 Å². The minimum absolute atomic E-state index is 0.0323. The van der Waals surface area contributed by atoms with E-state index in [2.05, 4.69) is 15.2 Å². The van der Waals surface area contributed by atoms with Crippen LogP contribution in [0.25, 0.3) is 0 Å². The predicted molar refractivity (Wildman–Crippen MR) is 95.7 cm³/mol. The molecule has 2 aliphatic rings. The molecule has 1 saturated heterocycles. The predicted octanol–water partition coefficient (Wildman–Crippen LogP) is 2.26. The summed E-state index contributed by atoms with van der Waals surface area (Å²) in [5.41, 5.74) is 1.21. The van der Waals surface area contributed by atoms with E-state index in [1.54, 1.807) is 31.0 Å². The molecule has 138 valence electrons. The molecule has 4 rings (SSSR count). The van der Waals surface area contributed by atoms with E-state index < -0.39 is 5.60 Å². The molecule has 3 heterocycles. The topological polar surface area (TPSA) is 84.1 Å². The Labute approximate surface area is 153 Å². The zero-order valence-electron chi connectivity index (χ0n) is 15.3. The first-order chi connectivity index (χ1) is 12.4. The van der Waals surface area contributed by atoms with Gasteiger partial charge in [-0.15, -0.1) is 0 Å². The number of nitrogens with zero attached hydrogens (tertiary/aromatic N) is 5. The second-order valence-electron chi connectivity index (χ2n) is 7.87. The number of aliphatic hydroxyl groups is 1. The number of pyridine rings is 1. The maximum absolute atomic E-state index is 13.1. The Morgan fingerprint density at radius 1 is 1.31 bits per heavy atom. The number of carbonyl (C=O) groups is 1. The third kappa shape index (κ3) is 3.35. The van der Waals surface area contributed by atoms with Gasteiger partial charge in [-0.2, -0.15) is 15.0 Å². The summed E-state index contributed by atoms with van der Waals surface area (Å²) in [5, 5.41) is 18.8. The van der Waals surface area contributed by atoms with Gasteiger partial charge in [0.25, 0.3) is 5.91 Å². The first-order valence-corrected chi connectivity index (χ1v) is 9.32. The van der Waals surface area contributed by atoms with E-state index >= 15 is 0 Å². The molecule has 0 aromatic carbocycles. The van der Waals surface area contributed by atoms with Crippen molar-refractivity contribution in [3.05, 3.63) is 41.5 Å². The minimum atomic E-state index is -1.02. The van der Waals surface area contributed by atoms with Crippen molar-refractivity contribution in [1.82, 2.24) is 24.9 Å². The van der Waals surface area contributed by atoms with Gasteiger partial charge >= 0.3 is 0 Å². The molecule has 1 aliphatic heterocycles. The number of amides is 1. The van der Waals surface area contributed by atoms with Gasteiger partial charge in [-0.25, -0.2) is 0 Å². The van der Waals surface area contributed by atoms with Crippen LogP contribution in [0, 0.1) is 0 Å². The SMILES string of the molecule is CC(C)(O)c1cnn(C2CCCN(C(=O)c3cccnc3C3CC3)C2)n1. The number of hydrogen-bond acceptors (Lipinski definition) is 5. The lowest BCUT2D eigenvalue weighted by Gasteiger charge is -2.32. The second kappa shape index (κ2) is 6.46. The van der Waals surface area contributed by atoms with E-state index in [-0.39, 0.29) is 11.9 Å². The van der Waals surface area contributed by atoms with Gasteiger partial charge < -0.3 is 10.0 Å². The molecular formula is C19H25N5O2. The summed E-state index contributed by atoms with van der Waals surface area (Å²) in [4.78, 5) is 21.1. The first kappa shape index (κ1) is 17.1. The highest BCUT2D eigenvalue weighted by Gasteiger charge is 2.33. The molecule has 7 nitrogen and oxygen atoms in total. The lowest BCUT2D eigenvalue weighted by molar-refractivity contribution is 0.0639. The van der Waals surface area contributed by atoms with Crippen LogP contribution < -0.4 is 0 Å². The van der Waals surface area contributed by atoms with E-state index in [0.29, 0.717) is 18.2 Å². The van der Waals surface area contributed by atoms with Crippen LogP contribution in [0.4, 0.5) is 0 Å². The average Bonchev–Trinajstić information content (AvgIpc) is 3.35. The van der Waals surface area contributed by atoms with Crippen molar-refractivity contribution in [2.75, 3.05) is 13.1 Å². The lowest BCUT2D eigenvalue weighted by Crippen LogP contribution is -2.41. The summed E-state index contributed by atoms with van der Waals surface area (Å²) >= 11 is 0. The molecule has 1 atom stereocenters. The van der Waals surface area contributed by atoms with Crippen LogP contribution in [0.1, 0.15) is 73.2 Å². The lowest BCUT2D eigenvalue weighted by atomic mass is 10.0. The molecule has 2 aromatic heterocycles. The Bertz CT molecular complexity index is 806. The average molecular weight is 355 g/mol. The summed E-state index contributed by atoms with van der Waals surface area (Å²) in [6, 6.07) is 3.76. The van der Waals surface area contributed by atoms with Gasteiger partial charge in [0.05, 0.1) is 23.5 Å². The van der Waals surface area contributed by atoms with Crippen LogP contribution in [-0.2, 0) is 5.60 Å². The highest BCUT2D eigenvalue weighted by Crippen LogP contribution is 2.40. The Hall–Kier alpha value is -2.28. The highest BCUT2D eigenvalue weighted by molar-refractivity contribution is 5.95. The van der Waals surface area contributed by atoms with E-state index in [1.807, 2.05) is 17.0 Å². The molecule has 0 spiro atoms. The number of carbonyl (C=O) groups excluding carboxylic acids is 1. The summed E-state index contributed by atoms with van der Waals surface area (Å²) < 4.78 is 0. The fourth-order valence-corrected chi connectivity index (χ4v) is 3.51. The highest BCUT2D eigenvalue weighted by atomic mass is 16.3. The number of hydrogen-bond donors (Lipinski definition) is 1. The van der Waals surface area contributed by atoms with Crippen molar-refractivity contribution in [1.29, 1.82) is 0 Å². The first-order valence-electron chi connectivity index (χ1n) is 9.32. The van der Waals surface area contributed by atoms with Crippen LogP contribution in [-0.4, -0.2) is 49.0 Å². The standard InChI is InChI=1S/C19H25N5O2/c1-19(2,26)16-11-21-24(22-16)14-5-4-10-23(12-14)18(25)15-6-3-9-20-17(15)13-7-8-13/h3,6,9,11,13-14,26H,4-5,7-8,10,12H2,1-2H3. The zero-order valence-corrected chi connectivity index (χ0v) is 15.3. The molecule has 1 saturated carbocycles. The number of piperidine rings is 1. The smallest absolute Gasteiger partial charge is 0.255 e. The van der Waals surface area contributed by atoms with Crippen molar-refractivity contribution in [2.45, 2.75) is 57.1 Å². The number of rotatable bonds is 4. The van der Waals surface area contributed by atoms with E-state index in [9.17, 15) is 9.90 Å². The molecule has 26 heavy (non-hydrogen) atoms. The van der Waals surface area contributed by atoms with Crippen molar-refractivity contribution in [3.8, 4) is 0 Å². The Kier molecular flexibility index (Phi) is 4.26. The quantitative estimate of drug-likeness (QED) is 0.909. The minimum Gasteiger partial charge on any atom is -0.384 e. The van der Waals surface area contributed by atoms with Crippen LogP contribution in [0.3, 0.4) is 0 Å².